The molecule has 1 aliphatic rings. The second-order valence-electron chi connectivity index (χ2n) is 7.53. The van der Waals surface area contributed by atoms with E-state index in [0.29, 0.717) is 11.3 Å². The number of aromatic amines is 1. The van der Waals surface area contributed by atoms with Crippen LogP contribution in [0.1, 0.15) is 22.7 Å². The summed E-state index contributed by atoms with van der Waals surface area (Å²) >= 11 is 0. The number of H-pyrrole nitrogens is 1. The molecule has 0 spiro atoms. The maximum absolute atomic E-state index is 13.0. The number of rotatable bonds is 4. The van der Waals surface area contributed by atoms with Crippen LogP contribution in [0.3, 0.4) is 0 Å². The summed E-state index contributed by atoms with van der Waals surface area (Å²) in [6.07, 6.45) is 0. The van der Waals surface area contributed by atoms with E-state index in [4.69, 9.17) is 4.74 Å². The van der Waals surface area contributed by atoms with E-state index in [1.165, 1.54) is 11.7 Å². The lowest BCUT2D eigenvalue weighted by Gasteiger charge is -2.30. The molecular weight excluding hydrogens is 408 g/mol. The molecule has 5 rings (SSSR count). The second-order valence-corrected chi connectivity index (χ2v) is 7.53. The van der Waals surface area contributed by atoms with Crippen LogP contribution in [0.4, 0.5) is 10.6 Å². The van der Waals surface area contributed by atoms with Gasteiger partial charge in [0.1, 0.15) is 11.6 Å². The highest BCUT2D eigenvalue weighted by Crippen LogP contribution is 2.38. The number of benzene rings is 3. The monoisotopic (exact) mass is 428 g/mol. The molecule has 8 nitrogen and oxygen atoms in total. The number of amides is 2. The molecule has 0 saturated carbocycles. The first-order valence-corrected chi connectivity index (χ1v) is 10.1. The maximum atomic E-state index is 13.0. The molecule has 1 unspecified atom stereocenters. The van der Waals surface area contributed by atoms with Crippen molar-refractivity contribution in [1.29, 1.82) is 0 Å². The lowest BCUT2D eigenvalue weighted by atomic mass is 9.92. The number of carbonyl (C=O) groups is 1. The molecule has 1 aromatic heterocycles. The van der Waals surface area contributed by atoms with Crippen molar-refractivity contribution in [1.82, 2.24) is 14.9 Å². The second kappa shape index (κ2) is 7.73. The highest BCUT2D eigenvalue weighted by atomic mass is 16.5. The third-order valence-electron chi connectivity index (χ3n) is 5.65. The van der Waals surface area contributed by atoms with Gasteiger partial charge in [-0.05, 0) is 22.4 Å². The predicted octanol–water partition coefficient (Wildman–Crippen LogP) is 2.97. The van der Waals surface area contributed by atoms with Gasteiger partial charge in [-0.2, -0.15) is 0 Å². The molecule has 0 aliphatic carbocycles. The van der Waals surface area contributed by atoms with E-state index in [-0.39, 0.29) is 17.9 Å². The standard InChI is InChI=1S/C24H20N4O4/c1-32-17-12-11-15-9-5-6-10-16(15)18(17)20-19-21(26-23(30)25-20)28(24(31)27-22(19)29)13-14-7-3-2-4-8-14/h2-12,20H,13H2,1H3,(H2,25,26,30)(H,27,29,31). The lowest BCUT2D eigenvalue weighted by molar-refractivity contribution is 0.248. The van der Waals surface area contributed by atoms with Gasteiger partial charge in [0.05, 0.1) is 25.3 Å². The normalized spacial score (nSPS) is 15.0. The molecule has 160 valence electrons. The fourth-order valence-electron chi connectivity index (χ4n) is 4.22. The Morgan fingerprint density at radius 3 is 2.44 bits per heavy atom. The zero-order chi connectivity index (χ0) is 22.2. The molecule has 8 heteroatoms. The van der Waals surface area contributed by atoms with Gasteiger partial charge >= 0.3 is 11.7 Å². The van der Waals surface area contributed by atoms with Gasteiger partial charge in [-0.1, -0.05) is 60.7 Å². The number of urea groups is 1. The number of carbonyl (C=O) groups excluding carboxylic acids is 1. The molecular formula is C24H20N4O4. The summed E-state index contributed by atoms with van der Waals surface area (Å²) in [5.41, 5.74) is 0.591. The molecule has 0 saturated heterocycles. The van der Waals surface area contributed by atoms with Crippen LogP contribution in [0.5, 0.6) is 5.75 Å². The minimum Gasteiger partial charge on any atom is -0.496 e. The van der Waals surface area contributed by atoms with Crippen LogP contribution in [-0.2, 0) is 6.54 Å². The highest BCUT2D eigenvalue weighted by molar-refractivity contribution is 5.95. The van der Waals surface area contributed by atoms with Gasteiger partial charge in [-0.3, -0.25) is 19.7 Å². The first-order chi connectivity index (χ1) is 15.6. The average Bonchev–Trinajstić information content (AvgIpc) is 2.81. The van der Waals surface area contributed by atoms with Gasteiger partial charge in [0.15, 0.2) is 0 Å². The summed E-state index contributed by atoms with van der Waals surface area (Å²) in [5.74, 6) is 0.702. The summed E-state index contributed by atoms with van der Waals surface area (Å²) in [7, 11) is 1.54. The summed E-state index contributed by atoms with van der Waals surface area (Å²) in [4.78, 5) is 40.8. The molecule has 0 fully saturated rings. The van der Waals surface area contributed by atoms with Crippen molar-refractivity contribution in [2.45, 2.75) is 12.6 Å². The number of nitrogens with zero attached hydrogens (tertiary/aromatic N) is 1. The molecule has 0 radical (unpaired) electrons. The molecule has 1 aliphatic heterocycles. The third kappa shape index (κ3) is 3.22. The molecule has 0 bridgehead atoms. The van der Waals surface area contributed by atoms with Crippen molar-refractivity contribution in [3.8, 4) is 5.75 Å². The Labute approximate surface area is 182 Å². The number of methoxy groups -OCH3 is 1. The van der Waals surface area contributed by atoms with E-state index in [1.807, 2.05) is 60.7 Å². The molecule has 1 atom stereocenters. The summed E-state index contributed by atoms with van der Waals surface area (Å²) in [5, 5.41) is 7.28. The number of hydrogen-bond acceptors (Lipinski definition) is 4. The Hall–Kier alpha value is -4.33. The molecule has 2 amide bonds. The lowest BCUT2D eigenvalue weighted by Crippen LogP contribution is -2.47. The van der Waals surface area contributed by atoms with E-state index >= 15 is 0 Å². The zero-order valence-electron chi connectivity index (χ0n) is 17.2. The summed E-state index contributed by atoms with van der Waals surface area (Å²) in [6, 6.07) is 19.4. The molecule has 32 heavy (non-hydrogen) atoms. The van der Waals surface area contributed by atoms with Crippen LogP contribution < -0.4 is 26.6 Å². The fraction of sp³-hybridized carbons (Fsp3) is 0.125. The van der Waals surface area contributed by atoms with Gasteiger partial charge in [-0.15, -0.1) is 0 Å². The first kappa shape index (κ1) is 19.6. The first-order valence-electron chi connectivity index (χ1n) is 10.1. The smallest absolute Gasteiger partial charge is 0.330 e. The van der Waals surface area contributed by atoms with E-state index in [1.54, 1.807) is 6.07 Å². The largest absolute Gasteiger partial charge is 0.496 e. The van der Waals surface area contributed by atoms with Crippen LogP contribution in [0, 0.1) is 0 Å². The van der Waals surface area contributed by atoms with Gasteiger partial charge in [-0.25, -0.2) is 9.59 Å². The van der Waals surface area contributed by atoms with Crippen molar-refractivity contribution in [2.75, 3.05) is 12.4 Å². The third-order valence-corrected chi connectivity index (χ3v) is 5.65. The van der Waals surface area contributed by atoms with Gasteiger partial charge in [0.25, 0.3) is 5.56 Å². The number of anilines is 1. The summed E-state index contributed by atoms with van der Waals surface area (Å²) < 4.78 is 6.96. The molecule has 4 aromatic rings. The maximum Gasteiger partial charge on any atom is 0.330 e. The Morgan fingerprint density at radius 1 is 0.906 bits per heavy atom. The highest BCUT2D eigenvalue weighted by Gasteiger charge is 2.34. The van der Waals surface area contributed by atoms with Crippen LogP contribution >= 0.6 is 0 Å². The number of aromatic nitrogens is 2. The van der Waals surface area contributed by atoms with E-state index < -0.39 is 23.3 Å². The number of nitrogens with one attached hydrogen (secondary N) is 3. The van der Waals surface area contributed by atoms with Crippen LogP contribution in [0.25, 0.3) is 10.8 Å². The van der Waals surface area contributed by atoms with E-state index in [2.05, 4.69) is 15.6 Å². The van der Waals surface area contributed by atoms with Crippen molar-refractivity contribution in [3.63, 3.8) is 0 Å². The van der Waals surface area contributed by atoms with Crippen molar-refractivity contribution >= 4 is 22.6 Å². The van der Waals surface area contributed by atoms with Crippen molar-refractivity contribution in [3.05, 3.63) is 104 Å². The Balaban J connectivity index is 1.77. The van der Waals surface area contributed by atoms with Gasteiger partial charge in [0.2, 0.25) is 0 Å². The Kier molecular flexibility index (Phi) is 4.74. The number of fused-ring (bicyclic) bond motifs is 2. The average molecular weight is 428 g/mol. The van der Waals surface area contributed by atoms with Gasteiger partial charge in [0, 0.05) is 5.56 Å². The Bertz CT molecular complexity index is 1460. The van der Waals surface area contributed by atoms with E-state index in [9.17, 15) is 14.4 Å². The molecule has 2 heterocycles. The number of ether oxygens (including phenoxy) is 1. The van der Waals surface area contributed by atoms with Crippen molar-refractivity contribution < 1.29 is 9.53 Å². The van der Waals surface area contributed by atoms with E-state index in [0.717, 1.165) is 16.3 Å². The molecule has 3 N–H and O–H groups in total. The number of hydrogen-bond donors (Lipinski definition) is 3. The molecule has 3 aromatic carbocycles. The van der Waals surface area contributed by atoms with Crippen LogP contribution in [0.15, 0.2) is 76.3 Å². The minimum absolute atomic E-state index is 0.173. The minimum atomic E-state index is -0.814. The zero-order valence-corrected chi connectivity index (χ0v) is 17.2. The quantitative estimate of drug-likeness (QED) is 0.465. The predicted molar refractivity (Wildman–Crippen MR) is 121 cm³/mol. The topological polar surface area (TPSA) is 105 Å². The van der Waals surface area contributed by atoms with Crippen LogP contribution in [0.2, 0.25) is 0 Å². The summed E-state index contributed by atoms with van der Waals surface area (Å²) in [6.45, 7) is 0.193. The SMILES string of the molecule is COc1ccc2ccccc2c1C1NC(=O)Nc2c1c(=O)[nH]c(=O)n2Cc1ccccc1. The van der Waals surface area contributed by atoms with Crippen LogP contribution in [-0.4, -0.2) is 22.7 Å². The van der Waals surface area contributed by atoms with Crippen molar-refractivity contribution in [2.24, 2.45) is 0 Å². The fourth-order valence-corrected chi connectivity index (χ4v) is 4.22. The Morgan fingerprint density at radius 2 is 1.66 bits per heavy atom. The van der Waals surface area contributed by atoms with Gasteiger partial charge < -0.3 is 10.1 Å².